The first-order valence-corrected chi connectivity index (χ1v) is 10.4. The maximum absolute atomic E-state index is 12.8. The van der Waals surface area contributed by atoms with Crippen LogP contribution in [0, 0.1) is 0 Å². The van der Waals surface area contributed by atoms with Gasteiger partial charge in [-0.25, -0.2) is 4.79 Å². The molecule has 1 aliphatic carbocycles. The number of hydrogen-bond acceptors (Lipinski definition) is 3. The number of para-hydroxylation sites is 2. The van der Waals surface area contributed by atoms with E-state index in [4.69, 9.17) is 0 Å². The number of amides is 2. The summed E-state index contributed by atoms with van der Waals surface area (Å²) < 4.78 is 3.47. The van der Waals surface area contributed by atoms with Crippen molar-refractivity contribution in [2.45, 2.75) is 70.6 Å². The fourth-order valence-electron chi connectivity index (χ4n) is 4.14. The Labute approximate surface area is 164 Å². The highest BCUT2D eigenvalue weighted by Gasteiger charge is 2.36. The Morgan fingerprint density at radius 3 is 2.39 bits per heavy atom. The molecule has 2 aromatic rings. The van der Waals surface area contributed by atoms with Crippen molar-refractivity contribution in [2.24, 2.45) is 0 Å². The van der Waals surface area contributed by atoms with Crippen molar-refractivity contribution in [1.82, 2.24) is 19.4 Å². The molecule has 7 nitrogen and oxygen atoms in total. The second-order valence-electron chi connectivity index (χ2n) is 7.85. The number of carbonyl (C=O) groups is 2. The molecule has 0 spiro atoms. The minimum atomic E-state index is -0.355. The molecule has 2 fully saturated rings. The molecule has 1 N–H and O–H groups in total. The largest absolute Gasteiger partial charge is 0.352 e. The van der Waals surface area contributed by atoms with Crippen LogP contribution < -0.4 is 11.0 Å². The number of likely N-dealkylation sites (tertiary alicyclic amines) is 1. The van der Waals surface area contributed by atoms with Crippen LogP contribution in [0.2, 0.25) is 0 Å². The molecule has 150 valence electrons. The van der Waals surface area contributed by atoms with Gasteiger partial charge in [-0.2, -0.15) is 0 Å². The molecule has 1 saturated carbocycles. The van der Waals surface area contributed by atoms with Crippen LogP contribution >= 0.6 is 0 Å². The smallest absolute Gasteiger partial charge is 0.329 e. The van der Waals surface area contributed by atoms with E-state index in [1.54, 1.807) is 14.0 Å². The van der Waals surface area contributed by atoms with Gasteiger partial charge in [0.1, 0.15) is 6.04 Å². The molecule has 0 bridgehead atoms. The van der Waals surface area contributed by atoms with Crippen LogP contribution in [0.25, 0.3) is 11.0 Å². The molecule has 2 amide bonds. The summed E-state index contributed by atoms with van der Waals surface area (Å²) in [4.78, 5) is 39.8. The van der Waals surface area contributed by atoms with Crippen molar-refractivity contribution in [2.75, 3.05) is 6.54 Å². The molecule has 1 atom stereocenters. The van der Waals surface area contributed by atoms with Crippen molar-refractivity contribution in [3.05, 3.63) is 34.7 Å². The first-order valence-electron chi connectivity index (χ1n) is 10.4. The van der Waals surface area contributed by atoms with Crippen LogP contribution in [0.15, 0.2) is 29.1 Å². The predicted octanol–water partition coefficient (Wildman–Crippen LogP) is 1.87. The second-order valence-corrected chi connectivity index (χ2v) is 7.85. The fraction of sp³-hybridized carbons (Fsp3) is 0.571. The Hall–Kier alpha value is -2.57. The predicted molar refractivity (Wildman–Crippen MR) is 107 cm³/mol. The lowest BCUT2D eigenvalue weighted by atomic mass is 10.2. The van der Waals surface area contributed by atoms with E-state index in [2.05, 4.69) is 5.32 Å². The quantitative estimate of drug-likeness (QED) is 0.792. The van der Waals surface area contributed by atoms with Crippen LogP contribution in [0.5, 0.6) is 0 Å². The van der Waals surface area contributed by atoms with Gasteiger partial charge in [0.25, 0.3) is 0 Å². The van der Waals surface area contributed by atoms with Crippen LogP contribution in [-0.2, 0) is 22.7 Å². The monoisotopic (exact) mass is 384 g/mol. The third-order valence-corrected chi connectivity index (χ3v) is 5.72. The summed E-state index contributed by atoms with van der Waals surface area (Å²) in [5.41, 5.74) is 1.70. The molecule has 1 saturated heterocycles. The molecule has 28 heavy (non-hydrogen) atoms. The number of rotatable bonds is 7. The summed E-state index contributed by atoms with van der Waals surface area (Å²) in [6, 6.07) is 7.66. The Morgan fingerprint density at radius 2 is 1.75 bits per heavy atom. The van der Waals surface area contributed by atoms with Crippen molar-refractivity contribution in [3.8, 4) is 0 Å². The van der Waals surface area contributed by atoms with E-state index in [0.717, 1.165) is 43.1 Å². The van der Waals surface area contributed by atoms with Gasteiger partial charge in [0.15, 0.2) is 0 Å². The molecule has 2 heterocycles. The molecule has 1 aromatic carbocycles. The maximum atomic E-state index is 12.8. The summed E-state index contributed by atoms with van der Waals surface area (Å²) in [6.07, 6.45) is 4.75. The molecule has 4 rings (SSSR count). The molecule has 0 radical (unpaired) electrons. The fourth-order valence-corrected chi connectivity index (χ4v) is 4.14. The first kappa shape index (κ1) is 18.8. The summed E-state index contributed by atoms with van der Waals surface area (Å²) in [5, 5.41) is 3.01. The summed E-state index contributed by atoms with van der Waals surface area (Å²) in [6.45, 7) is 3.66. The van der Waals surface area contributed by atoms with Gasteiger partial charge in [0, 0.05) is 32.1 Å². The zero-order valence-corrected chi connectivity index (χ0v) is 16.4. The highest BCUT2D eigenvalue weighted by atomic mass is 16.2. The number of fused-ring (bicyclic) bond motifs is 1. The molecule has 1 aliphatic heterocycles. The van der Waals surface area contributed by atoms with Gasteiger partial charge in [0.2, 0.25) is 11.8 Å². The zero-order chi connectivity index (χ0) is 19.7. The van der Waals surface area contributed by atoms with Crippen molar-refractivity contribution in [3.63, 3.8) is 0 Å². The number of imidazole rings is 1. The molecular formula is C21H28N4O3. The Bertz CT molecular complexity index is 941. The second kappa shape index (κ2) is 7.81. The number of aryl methyl sites for hydroxylation is 2. The molecule has 1 unspecified atom stereocenters. The van der Waals surface area contributed by atoms with Crippen molar-refractivity contribution in [1.29, 1.82) is 0 Å². The zero-order valence-electron chi connectivity index (χ0n) is 16.4. The number of benzene rings is 1. The van der Waals surface area contributed by atoms with Crippen LogP contribution in [0.4, 0.5) is 0 Å². The highest BCUT2D eigenvalue weighted by molar-refractivity contribution is 5.88. The summed E-state index contributed by atoms with van der Waals surface area (Å²) >= 11 is 0. The lowest BCUT2D eigenvalue weighted by Gasteiger charge is -2.24. The van der Waals surface area contributed by atoms with Gasteiger partial charge in [0.05, 0.1) is 11.0 Å². The minimum Gasteiger partial charge on any atom is -0.352 e. The maximum Gasteiger partial charge on any atom is 0.329 e. The van der Waals surface area contributed by atoms with Gasteiger partial charge in [-0.1, -0.05) is 19.1 Å². The molecule has 2 aliphatic rings. The lowest BCUT2D eigenvalue weighted by molar-refractivity contribution is -0.138. The van der Waals surface area contributed by atoms with Crippen LogP contribution in [0.1, 0.15) is 45.4 Å². The molecule has 1 aromatic heterocycles. The van der Waals surface area contributed by atoms with E-state index >= 15 is 0 Å². The topological polar surface area (TPSA) is 76.3 Å². The third kappa shape index (κ3) is 3.57. The SMILES string of the molecule is CCCn1c(=O)n(CCC(=O)N2CCCC2C(=O)NC2CC2)c2ccccc21. The van der Waals surface area contributed by atoms with Crippen LogP contribution in [0.3, 0.4) is 0 Å². The number of nitrogens with one attached hydrogen (secondary N) is 1. The van der Waals surface area contributed by atoms with E-state index in [1.807, 2.05) is 31.2 Å². The first-order chi connectivity index (χ1) is 13.6. The normalized spacial score (nSPS) is 19.3. The average Bonchev–Trinajstić information content (AvgIpc) is 3.29. The van der Waals surface area contributed by atoms with Crippen molar-refractivity contribution < 1.29 is 9.59 Å². The Balaban J connectivity index is 1.48. The van der Waals surface area contributed by atoms with Crippen LogP contribution in [-0.4, -0.2) is 44.5 Å². The van der Waals surface area contributed by atoms with Gasteiger partial charge < -0.3 is 10.2 Å². The van der Waals surface area contributed by atoms with Gasteiger partial charge in [-0.15, -0.1) is 0 Å². The van der Waals surface area contributed by atoms with Gasteiger partial charge >= 0.3 is 5.69 Å². The van der Waals surface area contributed by atoms with Crippen molar-refractivity contribution >= 4 is 22.8 Å². The number of hydrogen-bond donors (Lipinski definition) is 1. The van der Waals surface area contributed by atoms with Gasteiger partial charge in [-0.05, 0) is 44.2 Å². The number of aromatic nitrogens is 2. The molecule has 7 heteroatoms. The van der Waals surface area contributed by atoms with E-state index < -0.39 is 0 Å². The standard InChI is InChI=1S/C21H28N4O3/c1-2-12-24-16-6-3-4-7-17(16)25(21(24)28)14-11-19(26)23-13-5-8-18(23)20(27)22-15-9-10-15/h3-4,6-7,15,18H,2,5,8-14H2,1H3,(H,22,27). The van der Waals surface area contributed by atoms with E-state index in [9.17, 15) is 14.4 Å². The average molecular weight is 384 g/mol. The van der Waals surface area contributed by atoms with E-state index in [1.165, 1.54) is 0 Å². The lowest BCUT2D eigenvalue weighted by Crippen LogP contribution is -2.46. The van der Waals surface area contributed by atoms with Gasteiger partial charge in [-0.3, -0.25) is 18.7 Å². The Kier molecular flexibility index (Phi) is 5.24. The molecular weight excluding hydrogens is 356 g/mol. The Morgan fingerprint density at radius 1 is 1.07 bits per heavy atom. The summed E-state index contributed by atoms with van der Waals surface area (Å²) in [5.74, 6) is -0.0715. The number of nitrogens with zero attached hydrogens (tertiary/aromatic N) is 3. The minimum absolute atomic E-state index is 0.0231. The third-order valence-electron chi connectivity index (χ3n) is 5.72. The van der Waals surface area contributed by atoms with E-state index in [-0.39, 0.29) is 30.0 Å². The summed E-state index contributed by atoms with van der Waals surface area (Å²) in [7, 11) is 0. The van der Waals surface area contributed by atoms with E-state index in [0.29, 0.717) is 25.7 Å². The highest BCUT2D eigenvalue weighted by Crippen LogP contribution is 2.23. The number of carbonyl (C=O) groups excluding carboxylic acids is 2.